The van der Waals surface area contributed by atoms with Crippen molar-refractivity contribution in [3.8, 4) is 0 Å². The zero-order valence-electron chi connectivity index (χ0n) is 10.0. The summed E-state index contributed by atoms with van der Waals surface area (Å²) in [4.78, 5) is 2.80. The van der Waals surface area contributed by atoms with E-state index in [-0.39, 0.29) is 0 Å². The number of azide groups is 1. The number of aromatic nitrogens is 3. The molecule has 0 fully saturated rings. The largest absolute Gasteiger partial charge is 0.240 e. The molecule has 0 bridgehead atoms. The summed E-state index contributed by atoms with van der Waals surface area (Å²) in [6.07, 6.45) is 0. The molecule has 0 aliphatic heterocycles. The summed E-state index contributed by atoms with van der Waals surface area (Å²) in [5.74, 6) is 0. The molecule has 0 N–H and O–H groups in total. The van der Waals surface area contributed by atoms with Gasteiger partial charge in [0.2, 0.25) is 0 Å². The van der Waals surface area contributed by atoms with Crippen molar-refractivity contribution in [1.29, 1.82) is 0 Å². The van der Waals surface area contributed by atoms with Crippen molar-refractivity contribution in [2.75, 3.05) is 0 Å². The summed E-state index contributed by atoms with van der Waals surface area (Å²) < 4.78 is 1.79. The van der Waals surface area contributed by atoms with Crippen LogP contribution in [0.4, 0.5) is 5.69 Å². The molecule has 6 nitrogen and oxygen atoms in total. The van der Waals surface area contributed by atoms with Crippen molar-refractivity contribution in [1.82, 2.24) is 15.0 Å². The van der Waals surface area contributed by atoms with Gasteiger partial charge in [-0.2, -0.15) is 0 Å². The fourth-order valence-electron chi connectivity index (χ4n) is 1.98. The Morgan fingerprint density at radius 2 is 1.95 bits per heavy atom. The van der Waals surface area contributed by atoms with Gasteiger partial charge in [0.15, 0.2) is 0 Å². The van der Waals surface area contributed by atoms with E-state index >= 15 is 0 Å². The van der Waals surface area contributed by atoms with Crippen molar-refractivity contribution in [3.63, 3.8) is 0 Å². The minimum absolute atomic E-state index is 0.499. The lowest BCUT2D eigenvalue weighted by Crippen LogP contribution is -2.01. The smallest absolute Gasteiger partial charge is 0.122 e. The maximum absolute atomic E-state index is 8.52. The predicted molar refractivity (Wildman–Crippen MR) is 71.9 cm³/mol. The molecular weight excluding hydrogens is 240 g/mol. The van der Waals surface area contributed by atoms with Crippen LogP contribution in [0.5, 0.6) is 0 Å². The highest BCUT2D eigenvalue weighted by molar-refractivity contribution is 5.85. The summed E-state index contributed by atoms with van der Waals surface area (Å²) in [5.41, 5.74) is 11.6. The van der Waals surface area contributed by atoms with E-state index in [1.807, 2.05) is 42.5 Å². The Morgan fingerprint density at radius 1 is 1.11 bits per heavy atom. The molecule has 0 atom stereocenters. The van der Waals surface area contributed by atoms with E-state index in [0.29, 0.717) is 17.7 Å². The number of nitrogens with zero attached hydrogens (tertiary/aromatic N) is 6. The molecule has 3 rings (SSSR count). The van der Waals surface area contributed by atoms with Crippen molar-refractivity contribution in [3.05, 3.63) is 64.5 Å². The quantitative estimate of drug-likeness (QED) is 0.405. The van der Waals surface area contributed by atoms with Gasteiger partial charge in [-0.1, -0.05) is 52.8 Å². The normalized spacial score (nSPS) is 10.3. The second kappa shape index (κ2) is 4.80. The zero-order valence-corrected chi connectivity index (χ0v) is 10.0. The molecule has 0 radical (unpaired) electrons. The number of hydrogen-bond acceptors (Lipinski definition) is 3. The number of fused-ring (bicyclic) bond motifs is 1. The lowest BCUT2D eigenvalue weighted by atomic mass is 10.2. The van der Waals surface area contributed by atoms with Crippen LogP contribution in [0.1, 0.15) is 5.56 Å². The second-order valence-corrected chi connectivity index (χ2v) is 4.07. The minimum Gasteiger partial charge on any atom is -0.240 e. The number of rotatable bonds is 3. The van der Waals surface area contributed by atoms with Gasteiger partial charge in [-0.15, -0.1) is 5.10 Å². The molecule has 0 amide bonds. The van der Waals surface area contributed by atoms with Crippen LogP contribution < -0.4 is 0 Å². The van der Waals surface area contributed by atoms with E-state index in [1.54, 1.807) is 10.7 Å². The van der Waals surface area contributed by atoms with Crippen LogP contribution >= 0.6 is 0 Å². The van der Waals surface area contributed by atoms with Crippen LogP contribution in [0.15, 0.2) is 53.6 Å². The molecule has 2 aromatic carbocycles. The fraction of sp³-hybridized carbons (Fsp3) is 0.0769. The third-order valence-electron chi connectivity index (χ3n) is 2.85. The average Bonchev–Trinajstić information content (AvgIpc) is 2.85. The van der Waals surface area contributed by atoms with Crippen LogP contribution in [0.3, 0.4) is 0 Å². The first-order valence-corrected chi connectivity index (χ1v) is 5.80. The van der Waals surface area contributed by atoms with E-state index in [9.17, 15) is 0 Å². The van der Waals surface area contributed by atoms with Crippen molar-refractivity contribution in [2.45, 2.75) is 6.54 Å². The Kier molecular flexibility index (Phi) is 2.84. The minimum atomic E-state index is 0.499. The van der Waals surface area contributed by atoms with Gasteiger partial charge in [-0.05, 0) is 17.2 Å². The average molecular weight is 250 g/mol. The van der Waals surface area contributed by atoms with Gasteiger partial charge < -0.3 is 0 Å². The molecule has 0 saturated heterocycles. The maximum Gasteiger partial charge on any atom is 0.122 e. The lowest BCUT2D eigenvalue weighted by molar-refractivity contribution is 0.670. The van der Waals surface area contributed by atoms with Gasteiger partial charge in [0, 0.05) is 4.91 Å². The first kappa shape index (κ1) is 11.3. The molecule has 1 aromatic heterocycles. The summed E-state index contributed by atoms with van der Waals surface area (Å²) in [6.45, 7) is 0.636. The highest BCUT2D eigenvalue weighted by Crippen LogP contribution is 2.24. The highest BCUT2D eigenvalue weighted by Gasteiger charge is 2.07. The summed E-state index contributed by atoms with van der Waals surface area (Å²) >= 11 is 0. The number of benzene rings is 2. The van der Waals surface area contributed by atoms with E-state index in [1.165, 1.54) is 0 Å². The molecule has 19 heavy (non-hydrogen) atoms. The van der Waals surface area contributed by atoms with E-state index < -0.39 is 0 Å². The van der Waals surface area contributed by atoms with Gasteiger partial charge in [0.1, 0.15) is 5.52 Å². The van der Waals surface area contributed by atoms with Crippen LogP contribution in [0, 0.1) is 0 Å². The van der Waals surface area contributed by atoms with Crippen LogP contribution in [-0.4, -0.2) is 15.0 Å². The lowest BCUT2D eigenvalue weighted by Gasteiger charge is -2.02. The van der Waals surface area contributed by atoms with Crippen molar-refractivity contribution in [2.24, 2.45) is 5.11 Å². The fourth-order valence-corrected chi connectivity index (χ4v) is 1.98. The van der Waals surface area contributed by atoms with Gasteiger partial charge >= 0.3 is 0 Å². The SMILES string of the molecule is [N-]=[N+]=Nc1cccc2c1nnn2Cc1ccccc1. The second-order valence-electron chi connectivity index (χ2n) is 4.07. The molecular formula is C13H10N6. The summed E-state index contributed by atoms with van der Waals surface area (Å²) in [6, 6.07) is 15.5. The molecule has 1 heterocycles. The molecule has 92 valence electrons. The van der Waals surface area contributed by atoms with Crippen molar-refractivity contribution < 1.29 is 0 Å². The van der Waals surface area contributed by atoms with Crippen LogP contribution in [0.25, 0.3) is 21.5 Å². The summed E-state index contributed by atoms with van der Waals surface area (Å²) in [7, 11) is 0. The third-order valence-corrected chi connectivity index (χ3v) is 2.85. The zero-order chi connectivity index (χ0) is 13.1. The first-order chi connectivity index (χ1) is 9.38. The van der Waals surface area contributed by atoms with Crippen LogP contribution in [0.2, 0.25) is 0 Å². The molecule has 3 aromatic rings. The highest BCUT2D eigenvalue weighted by atomic mass is 15.4. The Hall–Kier alpha value is -2.85. The van der Waals surface area contributed by atoms with E-state index in [0.717, 1.165) is 11.1 Å². The first-order valence-electron chi connectivity index (χ1n) is 5.80. The standard InChI is InChI=1S/C13H10N6/c14-17-15-11-7-4-8-12-13(11)16-18-19(12)9-10-5-2-1-3-6-10/h1-8H,9H2. The van der Waals surface area contributed by atoms with Crippen molar-refractivity contribution >= 4 is 16.7 Å². The predicted octanol–water partition coefficient (Wildman–Crippen LogP) is 3.42. The molecule has 0 aliphatic rings. The maximum atomic E-state index is 8.52. The number of hydrogen-bond donors (Lipinski definition) is 0. The molecule has 0 aliphatic carbocycles. The topological polar surface area (TPSA) is 79.5 Å². The Bertz CT molecular complexity index is 755. The summed E-state index contributed by atoms with van der Waals surface area (Å²) in [5, 5.41) is 11.8. The Morgan fingerprint density at radius 3 is 2.74 bits per heavy atom. The molecule has 0 spiro atoms. The Balaban J connectivity index is 2.06. The molecule has 0 unspecified atom stereocenters. The monoisotopic (exact) mass is 250 g/mol. The van der Waals surface area contributed by atoms with Crippen LogP contribution in [-0.2, 0) is 6.54 Å². The van der Waals surface area contributed by atoms with Gasteiger partial charge in [0.25, 0.3) is 0 Å². The van der Waals surface area contributed by atoms with E-state index in [4.69, 9.17) is 5.53 Å². The van der Waals surface area contributed by atoms with Gasteiger partial charge in [-0.25, -0.2) is 4.68 Å². The molecule has 0 saturated carbocycles. The molecule has 6 heteroatoms. The van der Waals surface area contributed by atoms with E-state index in [2.05, 4.69) is 20.3 Å². The third kappa shape index (κ3) is 2.12. The van der Waals surface area contributed by atoms with Gasteiger partial charge in [-0.3, -0.25) is 0 Å². The Labute approximate surface area is 108 Å². The van der Waals surface area contributed by atoms with Gasteiger partial charge in [0.05, 0.1) is 17.7 Å².